The van der Waals surface area contributed by atoms with Gasteiger partial charge in [-0.3, -0.25) is 24.1 Å². The summed E-state index contributed by atoms with van der Waals surface area (Å²) in [5.74, 6) is -1.99. The molecule has 1 heterocycles. The lowest BCUT2D eigenvalue weighted by Gasteiger charge is -2.13. The highest BCUT2D eigenvalue weighted by Crippen LogP contribution is 2.39. The highest BCUT2D eigenvalue weighted by atomic mass is 35.5. The minimum absolute atomic E-state index is 0.0877. The first-order valence-corrected chi connectivity index (χ1v) is 11.4. The summed E-state index contributed by atoms with van der Waals surface area (Å²) in [4.78, 5) is 49.4. The molecule has 3 rings (SSSR count). The summed E-state index contributed by atoms with van der Waals surface area (Å²) in [5.41, 5.74) is 0.821. The Labute approximate surface area is 209 Å². The number of anilines is 1. The Balaban J connectivity index is 1.71. The Bertz CT molecular complexity index is 1190. The molecule has 0 aliphatic carbocycles. The van der Waals surface area contributed by atoms with Crippen molar-refractivity contribution in [2.24, 2.45) is 0 Å². The number of imide groups is 1. The molecule has 2 aromatic carbocycles. The van der Waals surface area contributed by atoms with E-state index in [-0.39, 0.29) is 28.0 Å². The predicted octanol–water partition coefficient (Wildman–Crippen LogP) is 4.10. The Morgan fingerprint density at radius 1 is 1.20 bits per heavy atom. The molecule has 35 heavy (non-hydrogen) atoms. The lowest BCUT2D eigenvalue weighted by atomic mass is 10.1. The van der Waals surface area contributed by atoms with Crippen LogP contribution in [-0.4, -0.2) is 54.8 Å². The molecule has 1 fully saturated rings. The van der Waals surface area contributed by atoms with Crippen molar-refractivity contribution in [2.45, 2.75) is 6.92 Å². The third-order valence-electron chi connectivity index (χ3n) is 4.49. The van der Waals surface area contributed by atoms with Crippen LogP contribution in [0.25, 0.3) is 6.08 Å². The highest BCUT2D eigenvalue weighted by molar-refractivity contribution is 8.18. The summed E-state index contributed by atoms with van der Waals surface area (Å²) >= 11 is 6.99. The van der Waals surface area contributed by atoms with Crippen molar-refractivity contribution in [1.29, 1.82) is 0 Å². The van der Waals surface area contributed by atoms with Gasteiger partial charge in [0.1, 0.15) is 12.4 Å². The normalized spacial score (nSPS) is 14.3. The van der Waals surface area contributed by atoms with Gasteiger partial charge in [0.15, 0.2) is 18.1 Å². The number of halogens is 2. The fraction of sp³-hybridized carbons (Fsp3) is 0.217. The number of ether oxygens (including phenoxy) is 3. The molecule has 1 N–H and O–H groups in total. The van der Waals surface area contributed by atoms with E-state index in [1.165, 1.54) is 49.6 Å². The maximum atomic E-state index is 13.0. The molecule has 0 radical (unpaired) electrons. The number of esters is 1. The topological polar surface area (TPSA) is 111 Å². The van der Waals surface area contributed by atoms with Crippen LogP contribution in [0.4, 0.5) is 14.9 Å². The Kier molecular flexibility index (Phi) is 8.72. The average molecular weight is 523 g/mol. The van der Waals surface area contributed by atoms with Crippen LogP contribution in [-0.2, 0) is 19.1 Å². The molecule has 0 bridgehead atoms. The molecule has 1 saturated heterocycles. The smallest absolute Gasteiger partial charge is 0.326 e. The van der Waals surface area contributed by atoms with Gasteiger partial charge in [0.25, 0.3) is 17.1 Å². The number of carbonyl (C=O) groups excluding carboxylic acids is 4. The summed E-state index contributed by atoms with van der Waals surface area (Å²) in [6.07, 6.45) is 1.43. The first-order valence-electron chi connectivity index (χ1n) is 10.2. The van der Waals surface area contributed by atoms with Crippen molar-refractivity contribution < 1.29 is 37.8 Å². The van der Waals surface area contributed by atoms with Crippen molar-refractivity contribution in [3.8, 4) is 11.5 Å². The summed E-state index contributed by atoms with van der Waals surface area (Å²) in [7, 11) is 1.37. The second-order valence-electron chi connectivity index (χ2n) is 6.95. The maximum Gasteiger partial charge on any atom is 0.326 e. The van der Waals surface area contributed by atoms with Crippen molar-refractivity contribution in [3.05, 3.63) is 57.7 Å². The maximum absolute atomic E-state index is 13.0. The van der Waals surface area contributed by atoms with Gasteiger partial charge in [-0.15, -0.1) is 0 Å². The van der Waals surface area contributed by atoms with Gasteiger partial charge in [0, 0.05) is 5.69 Å². The fourth-order valence-corrected chi connectivity index (χ4v) is 4.07. The Morgan fingerprint density at radius 3 is 2.57 bits per heavy atom. The van der Waals surface area contributed by atoms with E-state index in [0.717, 1.165) is 4.90 Å². The number of carbonyl (C=O) groups is 4. The molecule has 1 aliphatic heterocycles. The van der Waals surface area contributed by atoms with Crippen LogP contribution in [0.5, 0.6) is 11.5 Å². The summed E-state index contributed by atoms with van der Waals surface area (Å²) in [5, 5.41) is 2.05. The van der Waals surface area contributed by atoms with Gasteiger partial charge in [0.05, 0.1) is 23.6 Å². The number of nitrogens with zero attached hydrogens (tertiary/aromatic N) is 1. The second kappa shape index (κ2) is 11.7. The van der Waals surface area contributed by atoms with Crippen LogP contribution < -0.4 is 14.8 Å². The van der Waals surface area contributed by atoms with E-state index in [1.54, 1.807) is 6.92 Å². The monoisotopic (exact) mass is 522 g/mol. The van der Waals surface area contributed by atoms with Gasteiger partial charge >= 0.3 is 5.97 Å². The van der Waals surface area contributed by atoms with E-state index in [0.29, 0.717) is 23.0 Å². The standard InChI is InChI=1S/C23H20ClFN2O7S/c1-3-33-20(29)11-27-22(30)18(35-23(27)31)10-13-8-16(24)21(17(9-13)32-2)34-12-19(28)26-15-6-4-14(25)5-7-15/h4-10H,3,11-12H2,1-2H3,(H,26,28)/b18-10+. The lowest BCUT2D eigenvalue weighted by molar-refractivity contribution is -0.146. The molecule has 0 atom stereocenters. The zero-order valence-corrected chi connectivity index (χ0v) is 20.2. The third-order valence-corrected chi connectivity index (χ3v) is 5.68. The number of hydrogen-bond donors (Lipinski definition) is 1. The number of rotatable bonds is 9. The molecule has 3 amide bonds. The summed E-state index contributed by atoms with van der Waals surface area (Å²) in [6.45, 7) is 0.867. The summed E-state index contributed by atoms with van der Waals surface area (Å²) in [6, 6.07) is 8.21. The quantitative estimate of drug-likeness (QED) is 0.387. The molecule has 9 nitrogen and oxygen atoms in total. The number of amides is 3. The van der Waals surface area contributed by atoms with Crippen molar-refractivity contribution in [3.63, 3.8) is 0 Å². The molecule has 184 valence electrons. The Hall–Kier alpha value is -3.57. The number of methoxy groups -OCH3 is 1. The lowest BCUT2D eigenvalue weighted by Crippen LogP contribution is -2.34. The number of hydrogen-bond acceptors (Lipinski definition) is 8. The van der Waals surface area contributed by atoms with Crippen LogP contribution in [0, 0.1) is 5.82 Å². The highest BCUT2D eigenvalue weighted by Gasteiger charge is 2.36. The summed E-state index contributed by atoms with van der Waals surface area (Å²) < 4.78 is 28.6. The third kappa shape index (κ3) is 6.74. The van der Waals surface area contributed by atoms with E-state index < -0.39 is 42.0 Å². The van der Waals surface area contributed by atoms with Crippen molar-refractivity contribution in [2.75, 3.05) is 32.2 Å². The van der Waals surface area contributed by atoms with E-state index in [2.05, 4.69) is 5.32 Å². The molecule has 0 saturated carbocycles. The molecule has 0 spiro atoms. The van der Waals surface area contributed by atoms with Gasteiger partial charge in [-0.25, -0.2) is 4.39 Å². The second-order valence-corrected chi connectivity index (χ2v) is 8.35. The van der Waals surface area contributed by atoms with Crippen molar-refractivity contribution >= 4 is 58.1 Å². The average Bonchev–Trinajstić information content (AvgIpc) is 3.07. The van der Waals surface area contributed by atoms with Gasteiger partial charge in [0.2, 0.25) is 0 Å². The zero-order valence-electron chi connectivity index (χ0n) is 18.6. The first kappa shape index (κ1) is 26.0. The van der Waals surface area contributed by atoms with Crippen LogP contribution in [0.2, 0.25) is 5.02 Å². The van der Waals surface area contributed by atoms with Gasteiger partial charge < -0.3 is 19.5 Å². The Morgan fingerprint density at radius 2 is 1.91 bits per heavy atom. The molecule has 1 aliphatic rings. The number of nitrogens with one attached hydrogen (secondary N) is 1. The van der Waals surface area contributed by atoms with Crippen LogP contribution in [0.1, 0.15) is 12.5 Å². The van der Waals surface area contributed by atoms with Gasteiger partial charge in [-0.05, 0) is 66.7 Å². The van der Waals surface area contributed by atoms with E-state index in [4.69, 9.17) is 25.8 Å². The van der Waals surface area contributed by atoms with Crippen LogP contribution >= 0.6 is 23.4 Å². The van der Waals surface area contributed by atoms with Crippen LogP contribution in [0.3, 0.4) is 0 Å². The minimum atomic E-state index is -0.689. The van der Waals surface area contributed by atoms with Crippen molar-refractivity contribution in [1.82, 2.24) is 4.90 Å². The molecular formula is C23H20ClFN2O7S. The van der Waals surface area contributed by atoms with Gasteiger partial charge in [-0.1, -0.05) is 11.6 Å². The molecule has 12 heteroatoms. The molecule has 0 aromatic heterocycles. The van der Waals surface area contributed by atoms with E-state index >= 15 is 0 Å². The molecule has 2 aromatic rings. The minimum Gasteiger partial charge on any atom is -0.493 e. The van der Waals surface area contributed by atoms with E-state index in [9.17, 15) is 23.6 Å². The molecule has 0 unspecified atom stereocenters. The van der Waals surface area contributed by atoms with Gasteiger partial charge in [-0.2, -0.15) is 0 Å². The largest absolute Gasteiger partial charge is 0.493 e. The SMILES string of the molecule is CCOC(=O)CN1C(=O)S/C(=C/c2cc(Cl)c(OCC(=O)Nc3ccc(F)cc3)c(OC)c2)C1=O. The van der Waals surface area contributed by atoms with E-state index in [1.807, 2.05) is 0 Å². The predicted molar refractivity (Wildman–Crippen MR) is 128 cm³/mol. The number of thioether (sulfide) groups is 1. The zero-order chi connectivity index (χ0) is 25.5. The number of benzene rings is 2. The molecular weight excluding hydrogens is 503 g/mol. The first-order chi connectivity index (χ1) is 16.7. The van der Waals surface area contributed by atoms with Crippen LogP contribution in [0.15, 0.2) is 41.3 Å². The fourth-order valence-electron chi connectivity index (χ4n) is 2.95.